The smallest absolute Gasteiger partial charge is 0.356 e. The number of rotatable bonds is 6. The number of pyridine rings is 1. The van der Waals surface area contributed by atoms with Gasteiger partial charge in [-0.05, 0) is 43.6 Å². The van der Waals surface area contributed by atoms with Crippen molar-refractivity contribution in [2.45, 2.75) is 78.0 Å². The van der Waals surface area contributed by atoms with E-state index in [1.807, 2.05) is 16.8 Å². The van der Waals surface area contributed by atoms with Crippen LogP contribution in [0, 0.1) is 5.41 Å². The molecule has 1 amide bonds. The second-order valence-electron chi connectivity index (χ2n) is 9.84. The van der Waals surface area contributed by atoms with Crippen molar-refractivity contribution in [2.75, 3.05) is 24.4 Å². The Labute approximate surface area is 189 Å². The van der Waals surface area contributed by atoms with Crippen LogP contribution in [0.4, 0.5) is 11.4 Å². The number of anilines is 2. The quantitative estimate of drug-likeness (QED) is 0.646. The van der Waals surface area contributed by atoms with Crippen LogP contribution in [0.5, 0.6) is 0 Å². The van der Waals surface area contributed by atoms with Gasteiger partial charge in [0.2, 0.25) is 5.91 Å². The summed E-state index contributed by atoms with van der Waals surface area (Å²) < 4.78 is 12.7. The SMILES string of the molecule is COC(=O)c1c(NC(C)=O)c2cc(N[C@@H]3CCCC(C)(C)C3)cnc2n1C[C@H]1CCCO1. The van der Waals surface area contributed by atoms with Crippen LogP contribution in [-0.4, -0.2) is 47.3 Å². The summed E-state index contributed by atoms with van der Waals surface area (Å²) >= 11 is 0. The fourth-order valence-corrected chi connectivity index (χ4v) is 5.14. The van der Waals surface area contributed by atoms with E-state index in [0.29, 0.717) is 35.0 Å². The van der Waals surface area contributed by atoms with Gasteiger partial charge in [-0.2, -0.15) is 0 Å². The molecule has 1 saturated carbocycles. The van der Waals surface area contributed by atoms with Crippen LogP contribution in [0.2, 0.25) is 0 Å². The van der Waals surface area contributed by atoms with E-state index in [2.05, 4.69) is 24.5 Å². The maximum Gasteiger partial charge on any atom is 0.356 e. The van der Waals surface area contributed by atoms with Gasteiger partial charge in [-0.15, -0.1) is 0 Å². The third kappa shape index (κ3) is 4.75. The first-order chi connectivity index (χ1) is 15.3. The fraction of sp³-hybridized carbons (Fsp3) is 0.625. The number of aromatic nitrogens is 2. The highest BCUT2D eigenvalue weighted by molar-refractivity contribution is 6.11. The van der Waals surface area contributed by atoms with Crippen molar-refractivity contribution in [3.05, 3.63) is 18.0 Å². The van der Waals surface area contributed by atoms with Gasteiger partial charge in [-0.1, -0.05) is 20.3 Å². The van der Waals surface area contributed by atoms with Crippen LogP contribution in [-0.2, 0) is 20.8 Å². The molecule has 2 atom stereocenters. The maximum absolute atomic E-state index is 12.8. The predicted octanol–water partition coefficient (Wildman–Crippen LogP) is 4.34. The average Bonchev–Trinajstić information content (AvgIpc) is 3.33. The minimum Gasteiger partial charge on any atom is -0.464 e. The highest BCUT2D eigenvalue weighted by Gasteiger charge is 2.30. The van der Waals surface area contributed by atoms with Gasteiger partial charge in [0.05, 0.1) is 37.3 Å². The molecule has 2 aromatic heterocycles. The first kappa shape index (κ1) is 22.6. The number of nitrogens with one attached hydrogen (secondary N) is 2. The molecule has 0 spiro atoms. The van der Waals surface area contributed by atoms with Gasteiger partial charge in [0.15, 0.2) is 5.69 Å². The number of esters is 1. The first-order valence-electron chi connectivity index (χ1n) is 11.5. The Morgan fingerprint density at radius 2 is 2.12 bits per heavy atom. The summed E-state index contributed by atoms with van der Waals surface area (Å²) in [5.74, 6) is -0.757. The van der Waals surface area contributed by atoms with Crippen molar-refractivity contribution in [1.29, 1.82) is 0 Å². The third-order valence-electron chi connectivity index (χ3n) is 6.56. The zero-order valence-corrected chi connectivity index (χ0v) is 19.5. The van der Waals surface area contributed by atoms with Crippen molar-refractivity contribution < 1.29 is 19.1 Å². The molecule has 1 saturated heterocycles. The van der Waals surface area contributed by atoms with E-state index in [1.54, 1.807) is 0 Å². The second-order valence-corrected chi connectivity index (χ2v) is 9.84. The van der Waals surface area contributed by atoms with E-state index in [9.17, 15) is 9.59 Å². The lowest BCUT2D eigenvalue weighted by atomic mass is 9.75. The zero-order chi connectivity index (χ0) is 22.9. The number of ether oxygens (including phenoxy) is 2. The number of amides is 1. The van der Waals surface area contributed by atoms with Gasteiger partial charge in [0.25, 0.3) is 0 Å². The van der Waals surface area contributed by atoms with Gasteiger partial charge in [-0.25, -0.2) is 9.78 Å². The van der Waals surface area contributed by atoms with Crippen molar-refractivity contribution in [3.8, 4) is 0 Å². The zero-order valence-electron chi connectivity index (χ0n) is 19.5. The maximum atomic E-state index is 12.8. The topological polar surface area (TPSA) is 94.5 Å². The predicted molar refractivity (Wildman–Crippen MR) is 124 cm³/mol. The molecule has 2 aliphatic rings. The molecule has 0 radical (unpaired) electrons. The first-order valence-corrected chi connectivity index (χ1v) is 11.5. The van der Waals surface area contributed by atoms with E-state index >= 15 is 0 Å². The van der Waals surface area contributed by atoms with Crippen LogP contribution >= 0.6 is 0 Å². The highest BCUT2D eigenvalue weighted by atomic mass is 16.5. The Kier molecular flexibility index (Phi) is 6.42. The molecule has 1 aliphatic heterocycles. The number of hydrogen-bond donors (Lipinski definition) is 2. The molecule has 174 valence electrons. The molecule has 0 bridgehead atoms. The molecule has 3 heterocycles. The monoisotopic (exact) mass is 442 g/mol. The van der Waals surface area contributed by atoms with E-state index in [0.717, 1.165) is 43.4 Å². The minimum atomic E-state index is -0.506. The van der Waals surface area contributed by atoms with Gasteiger partial charge >= 0.3 is 5.97 Å². The lowest BCUT2D eigenvalue weighted by Gasteiger charge is -2.36. The van der Waals surface area contributed by atoms with Crippen LogP contribution in [0.15, 0.2) is 12.3 Å². The average molecular weight is 443 g/mol. The highest BCUT2D eigenvalue weighted by Crippen LogP contribution is 2.38. The molecule has 2 N–H and O–H groups in total. The molecule has 0 aromatic carbocycles. The van der Waals surface area contributed by atoms with Crippen LogP contribution in [0.1, 0.15) is 69.8 Å². The second kappa shape index (κ2) is 9.10. The number of fused-ring (bicyclic) bond motifs is 1. The van der Waals surface area contributed by atoms with Gasteiger partial charge in [0.1, 0.15) is 5.65 Å². The van der Waals surface area contributed by atoms with Crippen LogP contribution in [0.3, 0.4) is 0 Å². The number of nitrogens with zero attached hydrogens (tertiary/aromatic N) is 2. The Bertz CT molecular complexity index is 1010. The van der Waals surface area contributed by atoms with Crippen molar-refractivity contribution in [2.24, 2.45) is 5.41 Å². The Morgan fingerprint density at radius 3 is 2.78 bits per heavy atom. The molecule has 32 heavy (non-hydrogen) atoms. The van der Waals surface area contributed by atoms with Gasteiger partial charge in [0, 0.05) is 25.0 Å². The standard InChI is InChI=1S/C24H34N4O4/c1-15(29)26-20-19-11-17(27-16-7-5-9-24(2,3)12-16)13-25-22(19)28(21(20)23(30)31-4)14-18-8-6-10-32-18/h11,13,16,18,27H,5-10,12,14H2,1-4H3,(H,26,29)/t16-,18-/m1/s1. The summed E-state index contributed by atoms with van der Waals surface area (Å²) in [5, 5.41) is 7.20. The lowest BCUT2D eigenvalue weighted by molar-refractivity contribution is -0.114. The van der Waals surface area contributed by atoms with E-state index < -0.39 is 5.97 Å². The third-order valence-corrected chi connectivity index (χ3v) is 6.56. The number of carbonyl (C=O) groups is 2. The van der Waals surface area contributed by atoms with Crippen molar-refractivity contribution in [3.63, 3.8) is 0 Å². The molecular formula is C24H34N4O4. The normalized spacial score (nSPS) is 22.6. The lowest BCUT2D eigenvalue weighted by Crippen LogP contribution is -2.31. The number of carbonyl (C=O) groups excluding carboxylic acids is 2. The summed E-state index contributed by atoms with van der Waals surface area (Å²) in [6.45, 7) is 7.26. The largest absolute Gasteiger partial charge is 0.464 e. The van der Waals surface area contributed by atoms with Crippen molar-refractivity contribution >= 4 is 34.3 Å². The van der Waals surface area contributed by atoms with Gasteiger partial charge in [-0.3, -0.25) is 4.79 Å². The van der Waals surface area contributed by atoms with E-state index in [4.69, 9.17) is 14.5 Å². The molecule has 8 nitrogen and oxygen atoms in total. The summed E-state index contributed by atoms with van der Waals surface area (Å²) in [4.78, 5) is 29.5. The summed E-state index contributed by atoms with van der Waals surface area (Å²) in [7, 11) is 1.35. The molecule has 2 aromatic rings. The van der Waals surface area contributed by atoms with E-state index in [-0.39, 0.29) is 12.0 Å². The Balaban J connectivity index is 1.75. The summed E-state index contributed by atoms with van der Waals surface area (Å²) in [5.41, 5.74) is 2.59. The summed E-state index contributed by atoms with van der Waals surface area (Å²) in [6.07, 6.45) is 8.38. The van der Waals surface area contributed by atoms with Crippen LogP contribution < -0.4 is 10.6 Å². The molecule has 8 heteroatoms. The minimum absolute atomic E-state index is 0.00301. The Hall–Kier alpha value is -2.61. The summed E-state index contributed by atoms with van der Waals surface area (Å²) in [6, 6.07) is 2.35. The van der Waals surface area contributed by atoms with Crippen molar-refractivity contribution in [1.82, 2.24) is 9.55 Å². The van der Waals surface area contributed by atoms with Gasteiger partial charge < -0.3 is 24.7 Å². The number of methoxy groups -OCH3 is 1. The molecule has 4 rings (SSSR count). The molecule has 1 aliphatic carbocycles. The Morgan fingerprint density at radius 1 is 1.31 bits per heavy atom. The molecular weight excluding hydrogens is 408 g/mol. The van der Waals surface area contributed by atoms with Crippen LogP contribution in [0.25, 0.3) is 11.0 Å². The molecule has 2 fully saturated rings. The molecule has 0 unspecified atom stereocenters. The van der Waals surface area contributed by atoms with E-state index in [1.165, 1.54) is 26.9 Å². The number of hydrogen-bond acceptors (Lipinski definition) is 6. The fourth-order valence-electron chi connectivity index (χ4n) is 5.14.